The molecule has 0 aromatic carbocycles. The van der Waals surface area contributed by atoms with Gasteiger partial charge < -0.3 is 20.1 Å². The molecule has 3 N–H and O–H groups in total. The van der Waals surface area contributed by atoms with Crippen molar-refractivity contribution in [2.24, 2.45) is 11.3 Å². The van der Waals surface area contributed by atoms with Crippen molar-refractivity contribution in [3.05, 3.63) is 47.5 Å². The van der Waals surface area contributed by atoms with Gasteiger partial charge in [0, 0.05) is 49.3 Å². The monoisotopic (exact) mass is 585 g/mol. The van der Waals surface area contributed by atoms with Crippen LogP contribution in [-0.2, 0) is 21.5 Å². The average Bonchev–Trinajstić information content (AvgIpc) is 3.62. The molecule has 0 bridgehead atoms. The lowest BCUT2D eigenvalue weighted by atomic mass is 9.82. The molecule has 11 nitrogen and oxygen atoms in total. The standard InChI is InChI=1S/C32H43N9O2/c1-22-18-34-26(17-27(22)28-4-3-5-29(37-28)35-21-31(20-33)12-14-42-15-13-31)16-24-6-8-25(9-7-24)36-23(2)19-43-32(10-11-32)30-38-40-41-39-30/h3-5,17-18,23-25,36H,6-16,19,21H2,1-2H3,(H,35,37)(H,38,39,40,41)/t23-,24?,25?/m1/s1. The number of anilines is 1. The van der Waals surface area contributed by atoms with Crippen LogP contribution in [0.25, 0.3) is 11.3 Å². The predicted octanol–water partition coefficient (Wildman–Crippen LogP) is 4.48. The van der Waals surface area contributed by atoms with Crippen LogP contribution in [0.3, 0.4) is 0 Å². The number of pyridine rings is 2. The number of tetrazole rings is 1. The van der Waals surface area contributed by atoms with E-state index < -0.39 is 5.41 Å². The molecule has 2 saturated carbocycles. The van der Waals surface area contributed by atoms with Crippen LogP contribution in [0.1, 0.15) is 75.4 Å². The zero-order chi connectivity index (χ0) is 29.7. The predicted molar refractivity (Wildman–Crippen MR) is 162 cm³/mol. The molecule has 0 spiro atoms. The second kappa shape index (κ2) is 13.0. The number of ether oxygens (including phenoxy) is 2. The summed E-state index contributed by atoms with van der Waals surface area (Å²) in [6.45, 7) is 6.78. The van der Waals surface area contributed by atoms with Crippen LogP contribution in [0.4, 0.5) is 5.82 Å². The van der Waals surface area contributed by atoms with Crippen molar-refractivity contribution in [2.75, 3.05) is 31.7 Å². The molecule has 3 aromatic rings. The fraction of sp³-hybridized carbons (Fsp3) is 0.625. The van der Waals surface area contributed by atoms with Crippen LogP contribution in [0, 0.1) is 29.6 Å². The van der Waals surface area contributed by atoms with Gasteiger partial charge in [-0.05, 0) is 101 Å². The highest BCUT2D eigenvalue weighted by molar-refractivity contribution is 5.65. The van der Waals surface area contributed by atoms with Gasteiger partial charge in [-0.25, -0.2) is 4.98 Å². The summed E-state index contributed by atoms with van der Waals surface area (Å²) in [5.74, 6) is 2.10. The maximum Gasteiger partial charge on any atom is 0.206 e. The number of hydrogen-bond donors (Lipinski definition) is 3. The van der Waals surface area contributed by atoms with Crippen molar-refractivity contribution in [3.8, 4) is 17.3 Å². The third kappa shape index (κ3) is 7.20. The number of aromatic amines is 1. The summed E-state index contributed by atoms with van der Waals surface area (Å²) in [7, 11) is 0. The summed E-state index contributed by atoms with van der Waals surface area (Å²) in [4.78, 5) is 9.72. The normalized spacial score (nSPS) is 23.3. The van der Waals surface area contributed by atoms with Gasteiger partial charge in [-0.1, -0.05) is 11.3 Å². The zero-order valence-electron chi connectivity index (χ0n) is 25.3. The van der Waals surface area contributed by atoms with Gasteiger partial charge in [-0.2, -0.15) is 10.5 Å². The molecule has 3 aliphatic rings. The third-order valence-electron chi connectivity index (χ3n) is 9.41. The van der Waals surface area contributed by atoms with Crippen LogP contribution >= 0.6 is 0 Å². The molecule has 6 rings (SSSR count). The average molecular weight is 586 g/mol. The molecule has 1 saturated heterocycles. The first kappa shape index (κ1) is 29.6. The Kier molecular flexibility index (Phi) is 8.98. The molecule has 43 heavy (non-hydrogen) atoms. The fourth-order valence-corrected chi connectivity index (χ4v) is 6.45. The lowest BCUT2D eigenvalue weighted by Gasteiger charge is -2.31. The third-order valence-corrected chi connectivity index (χ3v) is 9.41. The SMILES string of the molecule is Cc1cnc(CC2CCC(N[C@H](C)COC3(c4nn[nH]n4)CC3)CC2)cc1-c1cccc(NCC2(C#N)CCOCC2)n1. The van der Waals surface area contributed by atoms with Crippen LogP contribution in [0.5, 0.6) is 0 Å². The molecule has 1 aliphatic heterocycles. The fourth-order valence-electron chi connectivity index (χ4n) is 6.45. The van der Waals surface area contributed by atoms with Gasteiger partial charge in [0.25, 0.3) is 0 Å². The van der Waals surface area contributed by atoms with E-state index in [1.54, 1.807) is 0 Å². The number of aromatic nitrogens is 6. The van der Waals surface area contributed by atoms with Gasteiger partial charge in [-0.3, -0.25) is 4.98 Å². The van der Waals surface area contributed by atoms with Crippen LogP contribution in [0.2, 0.25) is 0 Å². The molecule has 228 valence electrons. The number of nitrogens with one attached hydrogen (secondary N) is 3. The van der Waals surface area contributed by atoms with E-state index >= 15 is 0 Å². The number of hydrogen-bond acceptors (Lipinski definition) is 10. The molecule has 0 radical (unpaired) electrons. The van der Waals surface area contributed by atoms with Crippen LogP contribution in [-0.4, -0.2) is 69.0 Å². The molecule has 2 aliphatic carbocycles. The molecule has 11 heteroatoms. The lowest BCUT2D eigenvalue weighted by molar-refractivity contribution is 0.0102. The number of rotatable bonds is 12. The number of aryl methyl sites for hydroxylation is 1. The minimum Gasteiger partial charge on any atom is -0.381 e. The molecule has 3 fully saturated rings. The van der Waals surface area contributed by atoms with E-state index in [0.717, 1.165) is 73.3 Å². The van der Waals surface area contributed by atoms with Gasteiger partial charge in [0.05, 0.1) is 23.8 Å². The lowest BCUT2D eigenvalue weighted by Crippen LogP contribution is -2.42. The van der Waals surface area contributed by atoms with Crippen molar-refractivity contribution in [2.45, 2.75) is 89.3 Å². The first-order valence-corrected chi connectivity index (χ1v) is 15.8. The molecule has 0 unspecified atom stereocenters. The van der Waals surface area contributed by atoms with Crippen molar-refractivity contribution in [3.63, 3.8) is 0 Å². The number of nitriles is 1. The maximum atomic E-state index is 9.80. The Labute approximate surface area is 253 Å². The summed E-state index contributed by atoms with van der Waals surface area (Å²) in [5.41, 5.74) is 3.56. The van der Waals surface area contributed by atoms with Crippen LogP contribution < -0.4 is 10.6 Å². The van der Waals surface area contributed by atoms with E-state index in [9.17, 15) is 5.26 Å². The highest BCUT2D eigenvalue weighted by Crippen LogP contribution is 2.47. The largest absolute Gasteiger partial charge is 0.381 e. The first-order valence-electron chi connectivity index (χ1n) is 15.8. The Bertz CT molecular complexity index is 1390. The first-order chi connectivity index (χ1) is 21.0. The summed E-state index contributed by atoms with van der Waals surface area (Å²) < 4.78 is 11.7. The Morgan fingerprint density at radius 3 is 2.70 bits per heavy atom. The molecular formula is C32H43N9O2. The Morgan fingerprint density at radius 1 is 1.16 bits per heavy atom. The molecular weight excluding hydrogens is 542 g/mol. The topological polar surface area (TPSA) is 147 Å². The molecule has 1 atom stereocenters. The molecule has 0 amide bonds. The summed E-state index contributed by atoms with van der Waals surface area (Å²) >= 11 is 0. The summed E-state index contributed by atoms with van der Waals surface area (Å²) in [5, 5.41) is 31.5. The van der Waals surface area contributed by atoms with Gasteiger partial charge >= 0.3 is 0 Å². The van der Waals surface area contributed by atoms with Crippen LogP contribution in [0.15, 0.2) is 30.5 Å². The Balaban J connectivity index is 0.994. The van der Waals surface area contributed by atoms with Gasteiger partial charge in [0.1, 0.15) is 11.4 Å². The van der Waals surface area contributed by atoms with Crippen molar-refractivity contribution < 1.29 is 9.47 Å². The minimum absolute atomic E-state index is 0.270. The minimum atomic E-state index is -0.397. The molecule has 4 heterocycles. The van der Waals surface area contributed by atoms with E-state index in [-0.39, 0.29) is 11.6 Å². The quantitative estimate of drug-likeness (QED) is 0.278. The van der Waals surface area contributed by atoms with E-state index in [2.05, 4.69) is 63.3 Å². The van der Waals surface area contributed by atoms with E-state index in [1.807, 2.05) is 18.3 Å². The maximum absolute atomic E-state index is 9.80. The smallest absolute Gasteiger partial charge is 0.206 e. The zero-order valence-corrected chi connectivity index (χ0v) is 25.3. The van der Waals surface area contributed by atoms with Crippen molar-refractivity contribution >= 4 is 5.82 Å². The second-order valence-corrected chi connectivity index (χ2v) is 12.8. The van der Waals surface area contributed by atoms with Gasteiger partial charge in [0.2, 0.25) is 5.82 Å². The van der Waals surface area contributed by atoms with Crippen molar-refractivity contribution in [1.82, 2.24) is 35.9 Å². The highest BCUT2D eigenvalue weighted by Gasteiger charge is 2.50. The van der Waals surface area contributed by atoms with E-state index in [4.69, 9.17) is 19.4 Å². The second-order valence-electron chi connectivity index (χ2n) is 12.8. The highest BCUT2D eigenvalue weighted by atomic mass is 16.5. The Hall–Kier alpha value is -3.46. The van der Waals surface area contributed by atoms with Gasteiger partial charge in [0.15, 0.2) is 0 Å². The van der Waals surface area contributed by atoms with Crippen molar-refractivity contribution in [1.29, 1.82) is 5.26 Å². The number of H-pyrrole nitrogens is 1. The summed E-state index contributed by atoms with van der Waals surface area (Å²) in [6, 6.07) is 11.6. The van der Waals surface area contributed by atoms with E-state index in [1.165, 1.54) is 12.8 Å². The Morgan fingerprint density at radius 2 is 1.98 bits per heavy atom. The molecule has 3 aromatic heterocycles. The number of nitrogens with zero attached hydrogens (tertiary/aromatic N) is 6. The van der Waals surface area contributed by atoms with Gasteiger partial charge in [-0.15, -0.1) is 10.2 Å². The van der Waals surface area contributed by atoms with E-state index in [0.29, 0.717) is 44.1 Å². The summed E-state index contributed by atoms with van der Waals surface area (Å²) in [6.07, 6.45) is 11.1.